The van der Waals surface area contributed by atoms with E-state index < -0.39 is 12.0 Å². The smallest absolute Gasteiger partial charge is 0.259 e. The average Bonchev–Trinajstić information content (AvgIpc) is 3.04. The van der Waals surface area contributed by atoms with Crippen LogP contribution in [0.2, 0.25) is 0 Å². The van der Waals surface area contributed by atoms with Crippen LogP contribution in [0.25, 0.3) is 0 Å². The molecule has 1 heterocycles. The second kappa shape index (κ2) is 12.1. The van der Waals surface area contributed by atoms with Gasteiger partial charge in [-0.3, -0.25) is 14.5 Å². The Labute approximate surface area is 244 Å². The number of nitrogens with zero attached hydrogens (tertiary/aromatic N) is 1. The lowest BCUT2D eigenvalue weighted by atomic mass is 9.78. The molecule has 0 bridgehead atoms. The van der Waals surface area contributed by atoms with Crippen LogP contribution in [0.15, 0.2) is 84.9 Å². The van der Waals surface area contributed by atoms with Crippen LogP contribution in [0.4, 0.5) is 11.4 Å². The fourth-order valence-corrected chi connectivity index (χ4v) is 5.36. The van der Waals surface area contributed by atoms with Gasteiger partial charge in [0, 0.05) is 29.1 Å². The minimum atomic E-state index is -0.784. The summed E-state index contributed by atoms with van der Waals surface area (Å²) in [6.45, 7) is 0. The molecule has 9 nitrogen and oxygen atoms in total. The average molecular weight is 569 g/mol. The predicted octanol–water partition coefficient (Wildman–Crippen LogP) is 5.85. The van der Waals surface area contributed by atoms with Crippen LogP contribution in [0.5, 0.6) is 28.7 Å². The lowest BCUT2D eigenvalue weighted by molar-refractivity contribution is -0.118. The van der Waals surface area contributed by atoms with E-state index in [0.29, 0.717) is 51.2 Å². The van der Waals surface area contributed by atoms with Crippen molar-refractivity contribution in [3.63, 3.8) is 0 Å². The molecule has 42 heavy (non-hydrogen) atoms. The van der Waals surface area contributed by atoms with Crippen molar-refractivity contribution >= 4 is 23.2 Å². The molecule has 1 N–H and O–H groups in total. The molecule has 1 aliphatic heterocycles. The van der Waals surface area contributed by atoms with E-state index in [-0.39, 0.29) is 11.8 Å². The Hall–Kier alpha value is -5.18. The van der Waals surface area contributed by atoms with Crippen molar-refractivity contribution in [2.45, 2.75) is 12.0 Å². The third-order valence-corrected chi connectivity index (χ3v) is 7.36. The molecule has 2 atom stereocenters. The highest BCUT2D eigenvalue weighted by molar-refractivity contribution is 6.12. The number of nitrogens with one attached hydrogen (secondary N) is 1. The summed E-state index contributed by atoms with van der Waals surface area (Å²) in [5.74, 6) is 1.21. The summed E-state index contributed by atoms with van der Waals surface area (Å²) in [5, 5.41) is 3.04. The first kappa shape index (κ1) is 28.4. The van der Waals surface area contributed by atoms with Crippen LogP contribution in [-0.2, 0) is 4.79 Å². The molecule has 0 saturated heterocycles. The monoisotopic (exact) mass is 568 g/mol. The molecule has 5 rings (SSSR count). The highest BCUT2D eigenvalue weighted by Crippen LogP contribution is 2.47. The first-order chi connectivity index (χ1) is 20.4. The second-order valence-electron chi connectivity index (χ2n) is 9.56. The lowest BCUT2D eigenvalue weighted by Crippen LogP contribution is -2.46. The van der Waals surface area contributed by atoms with Gasteiger partial charge < -0.3 is 29.0 Å². The number of ether oxygens (including phenoxy) is 5. The maximum atomic E-state index is 14.4. The first-order valence-corrected chi connectivity index (χ1v) is 13.2. The fraction of sp³-hybridized carbons (Fsp3) is 0.212. The second-order valence-corrected chi connectivity index (χ2v) is 9.56. The van der Waals surface area contributed by atoms with Gasteiger partial charge in [-0.2, -0.15) is 0 Å². The molecule has 0 aromatic heterocycles. The van der Waals surface area contributed by atoms with Crippen LogP contribution in [-0.4, -0.2) is 47.4 Å². The largest absolute Gasteiger partial charge is 0.497 e. The van der Waals surface area contributed by atoms with E-state index in [1.165, 1.54) is 21.3 Å². The van der Waals surface area contributed by atoms with Gasteiger partial charge in [0.15, 0.2) is 11.5 Å². The molecule has 0 aliphatic carbocycles. The van der Waals surface area contributed by atoms with Crippen LogP contribution in [0, 0.1) is 0 Å². The minimum absolute atomic E-state index is 0.214. The van der Waals surface area contributed by atoms with Gasteiger partial charge >= 0.3 is 0 Å². The standard InChI is InChI=1S/C33H32N2O7/c1-38-23-14-10-20(11-15-23)30-29(32(36)34-21-18-27(40-3)31(42-5)28(19-21)41-4)25-8-6-7-9-26(25)33(37)35(30)22-12-16-24(39-2)17-13-22/h6-19,29-30H,1-5H3,(H,34,36). The molecule has 9 heteroatoms. The van der Waals surface area contributed by atoms with Crippen molar-refractivity contribution in [2.75, 3.05) is 45.8 Å². The number of methoxy groups -OCH3 is 5. The highest BCUT2D eigenvalue weighted by Gasteiger charge is 2.45. The molecule has 0 radical (unpaired) electrons. The zero-order chi connectivity index (χ0) is 29.8. The third kappa shape index (κ3) is 5.16. The number of hydrogen-bond acceptors (Lipinski definition) is 7. The molecule has 216 valence electrons. The van der Waals surface area contributed by atoms with Gasteiger partial charge in [0.2, 0.25) is 11.7 Å². The van der Waals surface area contributed by atoms with E-state index in [9.17, 15) is 9.59 Å². The summed E-state index contributed by atoms with van der Waals surface area (Å²) in [6, 6.07) is 24.5. The van der Waals surface area contributed by atoms with Gasteiger partial charge in [-0.15, -0.1) is 0 Å². The van der Waals surface area contributed by atoms with Crippen LogP contribution >= 0.6 is 0 Å². The molecule has 0 fully saturated rings. The SMILES string of the molecule is COc1ccc(C2C(C(=O)Nc3cc(OC)c(OC)c(OC)c3)c3ccccc3C(=O)N2c2ccc(OC)cc2)cc1. The van der Waals surface area contributed by atoms with E-state index in [2.05, 4.69) is 5.32 Å². The van der Waals surface area contributed by atoms with Crippen molar-refractivity contribution in [1.82, 2.24) is 0 Å². The van der Waals surface area contributed by atoms with Crippen molar-refractivity contribution in [1.29, 1.82) is 0 Å². The Morgan fingerprint density at radius 2 is 1.29 bits per heavy atom. The van der Waals surface area contributed by atoms with Gasteiger partial charge in [-0.1, -0.05) is 30.3 Å². The van der Waals surface area contributed by atoms with E-state index in [1.807, 2.05) is 48.5 Å². The quantitative estimate of drug-likeness (QED) is 0.271. The number of benzene rings is 4. The van der Waals surface area contributed by atoms with Gasteiger partial charge in [-0.05, 0) is 53.6 Å². The van der Waals surface area contributed by atoms with E-state index in [0.717, 1.165) is 5.56 Å². The Morgan fingerprint density at radius 3 is 1.83 bits per heavy atom. The van der Waals surface area contributed by atoms with Crippen molar-refractivity contribution < 1.29 is 33.3 Å². The van der Waals surface area contributed by atoms with Gasteiger partial charge in [0.1, 0.15) is 11.5 Å². The van der Waals surface area contributed by atoms with Crippen LogP contribution < -0.4 is 33.9 Å². The number of carbonyl (C=O) groups is 2. The third-order valence-electron chi connectivity index (χ3n) is 7.36. The van der Waals surface area contributed by atoms with E-state index in [1.54, 1.807) is 55.5 Å². The molecule has 2 amide bonds. The van der Waals surface area contributed by atoms with E-state index >= 15 is 0 Å². The highest BCUT2D eigenvalue weighted by atomic mass is 16.5. The summed E-state index contributed by atoms with van der Waals surface area (Å²) in [5.41, 5.74) is 2.91. The molecular weight excluding hydrogens is 536 g/mol. The molecule has 4 aromatic rings. The molecular formula is C33H32N2O7. The van der Waals surface area contributed by atoms with Crippen molar-refractivity contribution in [3.8, 4) is 28.7 Å². The molecule has 0 spiro atoms. The molecule has 0 saturated carbocycles. The van der Waals surface area contributed by atoms with E-state index in [4.69, 9.17) is 23.7 Å². The predicted molar refractivity (Wildman–Crippen MR) is 159 cm³/mol. The van der Waals surface area contributed by atoms with Crippen LogP contribution in [0.3, 0.4) is 0 Å². The van der Waals surface area contributed by atoms with Gasteiger partial charge in [0.25, 0.3) is 5.91 Å². The van der Waals surface area contributed by atoms with Crippen molar-refractivity contribution in [2.24, 2.45) is 0 Å². The molecule has 4 aromatic carbocycles. The summed E-state index contributed by atoms with van der Waals surface area (Å²) >= 11 is 0. The number of hydrogen-bond donors (Lipinski definition) is 1. The lowest BCUT2D eigenvalue weighted by Gasteiger charge is -2.42. The Balaban J connectivity index is 1.67. The summed E-state index contributed by atoms with van der Waals surface area (Å²) < 4.78 is 27.1. The summed E-state index contributed by atoms with van der Waals surface area (Å²) in [6.07, 6.45) is 0. The number of anilines is 2. The zero-order valence-corrected chi connectivity index (χ0v) is 24.0. The molecule has 2 unspecified atom stereocenters. The van der Waals surface area contributed by atoms with Gasteiger partial charge in [-0.25, -0.2) is 0 Å². The Bertz CT molecular complexity index is 1560. The number of amides is 2. The summed E-state index contributed by atoms with van der Waals surface area (Å²) in [7, 11) is 7.71. The maximum Gasteiger partial charge on any atom is 0.259 e. The number of rotatable bonds is 9. The topological polar surface area (TPSA) is 95.6 Å². The number of carbonyl (C=O) groups excluding carboxylic acids is 2. The maximum absolute atomic E-state index is 14.4. The minimum Gasteiger partial charge on any atom is -0.497 e. The Kier molecular flexibility index (Phi) is 8.19. The van der Waals surface area contributed by atoms with Crippen LogP contribution in [0.1, 0.15) is 33.4 Å². The number of fused-ring (bicyclic) bond motifs is 1. The Morgan fingerprint density at radius 1 is 0.714 bits per heavy atom. The zero-order valence-electron chi connectivity index (χ0n) is 24.0. The summed E-state index contributed by atoms with van der Waals surface area (Å²) in [4.78, 5) is 30.2. The molecule has 1 aliphatic rings. The van der Waals surface area contributed by atoms with Gasteiger partial charge in [0.05, 0.1) is 47.5 Å². The fourth-order valence-electron chi connectivity index (χ4n) is 5.36. The van der Waals surface area contributed by atoms with Crippen molar-refractivity contribution in [3.05, 3.63) is 102 Å². The first-order valence-electron chi connectivity index (χ1n) is 13.2. The normalized spacial score (nSPS) is 15.8.